The lowest BCUT2D eigenvalue weighted by Crippen LogP contribution is -2.53. The molecule has 6 N–H and O–H groups in total. The molecule has 2 atom stereocenters. The smallest absolute Gasteiger partial charge is 0.335 e. The molecule has 0 aliphatic heterocycles. The zero-order valence-corrected chi connectivity index (χ0v) is 21.1. The van der Waals surface area contributed by atoms with Crippen LogP contribution in [0.3, 0.4) is 0 Å². The van der Waals surface area contributed by atoms with Crippen LogP contribution in [0.1, 0.15) is 43.1 Å². The zero-order valence-electron chi connectivity index (χ0n) is 21.1. The van der Waals surface area contributed by atoms with Crippen molar-refractivity contribution < 1.29 is 29.5 Å². The zero-order chi connectivity index (χ0) is 27.6. The molecule has 37 heavy (non-hydrogen) atoms. The van der Waals surface area contributed by atoms with Gasteiger partial charge >= 0.3 is 5.97 Å². The number of hydrogen-bond donors (Lipinski definition) is 5. The molecule has 0 fully saturated rings. The van der Waals surface area contributed by atoms with E-state index in [-0.39, 0.29) is 12.8 Å². The molecule has 3 aromatic rings. The summed E-state index contributed by atoms with van der Waals surface area (Å²) in [6.07, 6.45) is 0.0600. The van der Waals surface area contributed by atoms with E-state index < -0.39 is 41.1 Å². The first-order valence-corrected chi connectivity index (χ1v) is 11.7. The number of hydroxylamine groups is 1. The number of primary amides is 1. The maximum Gasteiger partial charge on any atom is 0.335 e. The Morgan fingerprint density at radius 3 is 2.00 bits per heavy atom. The van der Waals surface area contributed by atoms with Crippen LogP contribution in [0.4, 0.5) is 0 Å². The van der Waals surface area contributed by atoms with Gasteiger partial charge in [-0.15, -0.1) is 0 Å². The molecule has 9 nitrogen and oxygen atoms in total. The Morgan fingerprint density at radius 1 is 0.892 bits per heavy atom. The van der Waals surface area contributed by atoms with Gasteiger partial charge in [0.2, 0.25) is 17.7 Å². The lowest BCUT2D eigenvalue weighted by atomic mass is 9.85. The van der Waals surface area contributed by atoms with Gasteiger partial charge in [0.1, 0.15) is 6.04 Å². The molecule has 0 aliphatic carbocycles. The Labute approximate surface area is 215 Å². The molecule has 3 amide bonds. The van der Waals surface area contributed by atoms with Gasteiger partial charge in [-0.3, -0.25) is 19.6 Å². The van der Waals surface area contributed by atoms with Gasteiger partial charge in [-0.05, 0) is 40.3 Å². The summed E-state index contributed by atoms with van der Waals surface area (Å²) in [5.74, 6) is -3.42. The molecule has 0 saturated heterocycles. The van der Waals surface area contributed by atoms with E-state index in [1.165, 1.54) is 0 Å². The quantitative estimate of drug-likeness (QED) is 0.232. The second-order valence-electron chi connectivity index (χ2n) is 9.70. The van der Waals surface area contributed by atoms with E-state index in [1.807, 2.05) is 42.5 Å². The summed E-state index contributed by atoms with van der Waals surface area (Å²) in [6, 6.07) is 21.1. The molecule has 9 heteroatoms. The van der Waals surface area contributed by atoms with Gasteiger partial charge in [-0.25, -0.2) is 10.3 Å². The van der Waals surface area contributed by atoms with Crippen LogP contribution in [-0.2, 0) is 20.8 Å². The van der Waals surface area contributed by atoms with Crippen LogP contribution in [0.15, 0.2) is 72.8 Å². The second-order valence-corrected chi connectivity index (χ2v) is 9.70. The predicted molar refractivity (Wildman–Crippen MR) is 140 cm³/mol. The lowest BCUT2D eigenvalue weighted by molar-refractivity contribution is -0.136. The Balaban J connectivity index is 0.000000449. The van der Waals surface area contributed by atoms with Crippen LogP contribution in [0.5, 0.6) is 0 Å². The Hall–Kier alpha value is -4.24. The van der Waals surface area contributed by atoms with Crippen molar-refractivity contribution in [3.8, 4) is 0 Å². The Kier molecular flexibility index (Phi) is 10.3. The van der Waals surface area contributed by atoms with E-state index >= 15 is 0 Å². The van der Waals surface area contributed by atoms with Crippen molar-refractivity contribution in [3.63, 3.8) is 0 Å². The summed E-state index contributed by atoms with van der Waals surface area (Å²) in [7, 11) is 0. The molecule has 0 saturated carbocycles. The Morgan fingerprint density at radius 2 is 1.49 bits per heavy atom. The van der Waals surface area contributed by atoms with Crippen molar-refractivity contribution in [1.29, 1.82) is 0 Å². The number of rotatable bonds is 8. The maximum absolute atomic E-state index is 12.8. The van der Waals surface area contributed by atoms with Gasteiger partial charge in [0.15, 0.2) is 0 Å². The Bertz CT molecular complexity index is 1240. The van der Waals surface area contributed by atoms with Crippen LogP contribution in [0, 0.1) is 11.3 Å². The average molecular weight is 508 g/mol. The molecule has 0 heterocycles. The number of amides is 3. The van der Waals surface area contributed by atoms with Gasteiger partial charge in [0.25, 0.3) is 0 Å². The topological polar surface area (TPSA) is 159 Å². The molecule has 0 bridgehead atoms. The summed E-state index contributed by atoms with van der Waals surface area (Å²) in [5, 5.41) is 22.0. The minimum atomic E-state index is -0.879. The van der Waals surface area contributed by atoms with E-state index in [4.69, 9.17) is 16.0 Å². The molecule has 196 valence electrons. The highest BCUT2D eigenvalue weighted by molar-refractivity contribution is 5.91. The van der Waals surface area contributed by atoms with Crippen LogP contribution < -0.4 is 16.5 Å². The molecule has 0 aliphatic rings. The van der Waals surface area contributed by atoms with Crippen LogP contribution >= 0.6 is 0 Å². The minimum Gasteiger partial charge on any atom is -0.478 e. The number of benzene rings is 3. The van der Waals surface area contributed by atoms with Gasteiger partial charge in [-0.1, -0.05) is 81.4 Å². The third kappa shape index (κ3) is 9.05. The molecular weight excluding hydrogens is 474 g/mol. The maximum atomic E-state index is 12.8. The predicted octanol–water partition coefficient (Wildman–Crippen LogP) is 3.30. The number of hydrogen-bond acceptors (Lipinski definition) is 5. The first-order chi connectivity index (χ1) is 17.4. The van der Waals surface area contributed by atoms with Gasteiger partial charge in [0, 0.05) is 6.42 Å². The van der Waals surface area contributed by atoms with Crippen LogP contribution in [0.25, 0.3) is 10.8 Å². The monoisotopic (exact) mass is 507 g/mol. The van der Waals surface area contributed by atoms with E-state index in [0.29, 0.717) is 5.56 Å². The van der Waals surface area contributed by atoms with Crippen LogP contribution in [-0.4, -0.2) is 40.0 Å². The molecular formula is C28H33N3O6. The molecule has 0 radical (unpaired) electrons. The molecule has 2 unspecified atom stereocenters. The number of carbonyl (C=O) groups is 4. The van der Waals surface area contributed by atoms with Crippen molar-refractivity contribution in [2.45, 2.75) is 39.7 Å². The first-order valence-electron chi connectivity index (χ1n) is 11.7. The third-order valence-electron chi connectivity index (χ3n) is 5.68. The summed E-state index contributed by atoms with van der Waals surface area (Å²) < 4.78 is 0. The van der Waals surface area contributed by atoms with Crippen molar-refractivity contribution in [2.24, 2.45) is 17.1 Å². The molecule has 0 aromatic heterocycles. The van der Waals surface area contributed by atoms with E-state index in [0.717, 1.165) is 16.3 Å². The highest BCUT2D eigenvalue weighted by Crippen LogP contribution is 2.22. The molecule has 3 aromatic carbocycles. The van der Waals surface area contributed by atoms with Gasteiger partial charge < -0.3 is 16.2 Å². The number of aromatic carboxylic acids is 1. The van der Waals surface area contributed by atoms with E-state index in [2.05, 4.69) is 5.32 Å². The van der Waals surface area contributed by atoms with Gasteiger partial charge in [-0.2, -0.15) is 0 Å². The summed E-state index contributed by atoms with van der Waals surface area (Å²) >= 11 is 0. The standard InChI is InChI=1S/C21H27N3O4.C7H6O2/c1-21(2,3)18(19(22)26)23-20(27)16(12-17(25)24-28)11-13-8-9-14-6-4-5-7-15(14)10-13;8-7(9)6-4-2-1-3-5-6/h4-10,16,18,28H,11-12H2,1-3H3,(H2,22,26)(H,23,27)(H,24,25);1-5H,(H,8,9). The van der Waals surface area contributed by atoms with E-state index in [1.54, 1.807) is 56.6 Å². The number of carboxylic acid groups (broad SMARTS) is 1. The van der Waals surface area contributed by atoms with Crippen LogP contribution in [0.2, 0.25) is 0 Å². The van der Waals surface area contributed by atoms with Crippen molar-refractivity contribution in [3.05, 3.63) is 83.9 Å². The summed E-state index contributed by atoms with van der Waals surface area (Å²) in [4.78, 5) is 46.5. The number of nitrogens with one attached hydrogen (secondary N) is 2. The fraction of sp³-hybridized carbons (Fsp3) is 0.286. The number of carbonyl (C=O) groups excluding carboxylic acids is 3. The number of fused-ring (bicyclic) bond motifs is 1. The van der Waals surface area contributed by atoms with Crippen molar-refractivity contribution in [1.82, 2.24) is 10.8 Å². The first kappa shape index (κ1) is 29.0. The summed E-state index contributed by atoms with van der Waals surface area (Å²) in [6.45, 7) is 5.38. The highest BCUT2D eigenvalue weighted by atomic mass is 16.5. The highest BCUT2D eigenvalue weighted by Gasteiger charge is 2.33. The lowest BCUT2D eigenvalue weighted by Gasteiger charge is -2.30. The van der Waals surface area contributed by atoms with E-state index in [9.17, 15) is 19.2 Å². The summed E-state index contributed by atoms with van der Waals surface area (Å²) in [5.41, 5.74) is 7.63. The fourth-order valence-corrected chi connectivity index (χ4v) is 3.73. The normalized spacial score (nSPS) is 12.4. The van der Waals surface area contributed by atoms with Gasteiger partial charge in [0.05, 0.1) is 11.5 Å². The number of nitrogens with two attached hydrogens (primary N) is 1. The number of carboxylic acids is 1. The SMILES string of the molecule is CC(C)(C)C(NC(=O)C(CC(=O)NO)Cc1ccc2ccccc2c1)C(N)=O.O=C(O)c1ccccc1. The molecule has 0 spiro atoms. The average Bonchev–Trinajstić information content (AvgIpc) is 2.86. The third-order valence-corrected chi connectivity index (χ3v) is 5.68. The minimum absolute atomic E-state index is 0.217. The van der Waals surface area contributed by atoms with Crippen molar-refractivity contribution in [2.75, 3.05) is 0 Å². The largest absolute Gasteiger partial charge is 0.478 e. The van der Waals surface area contributed by atoms with Crippen molar-refractivity contribution >= 4 is 34.5 Å². The fourth-order valence-electron chi connectivity index (χ4n) is 3.73. The molecule has 3 rings (SSSR count). The second kappa shape index (κ2) is 13.2.